The molecule has 0 aliphatic heterocycles. The summed E-state index contributed by atoms with van der Waals surface area (Å²) < 4.78 is 16.0. The van der Waals surface area contributed by atoms with Gasteiger partial charge in [-0.2, -0.15) is 0 Å². The van der Waals surface area contributed by atoms with E-state index in [2.05, 4.69) is 35.8 Å². The van der Waals surface area contributed by atoms with Crippen LogP contribution in [-0.4, -0.2) is 118 Å². The molecule has 24 heteroatoms. The van der Waals surface area contributed by atoms with Crippen molar-refractivity contribution in [2.45, 2.75) is 62.3 Å². The Kier molecular flexibility index (Phi) is 18.9. The number of hydrogen-bond acceptors (Lipinski definition) is 12. The molecule has 0 fully saturated rings. The molecule has 286 valence electrons. The van der Waals surface area contributed by atoms with Crippen LogP contribution in [0.4, 0.5) is 0 Å². The van der Waals surface area contributed by atoms with E-state index in [0.29, 0.717) is 5.56 Å². The van der Waals surface area contributed by atoms with Crippen LogP contribution in [0.15, 0.2) is 34.3 Å². The lowest BCUT2D eigenvalue weighted by atomic mass is 10.0. The second-order valence-corrected chi connectivity index (χ2v) is 12.2. The first-order valence-electron chi connectivity index (χ1n) is 15.3. The van der Waals surface area contributed by atoms with Crippen LogP contribution < -0.4 is 55.7 Å². The summed E-state index contributed by atoms with van der Waals surface area (Å²) in [5.74, 6) is -5.56. The number of aliphatic imine (C=N–C) groups is 2. The Morgan fingerprint density at radius 1 is 0.725 bits per heavy atom. The molecular formula is C27H47N12O11P. The number of nitrogens with one attached hydrogen (secondary N) is 4. The van der Waals surface area contributed by atoms with E-state index in [1.807, 2.05) is 0 Å². The van der Waals surface area contributed by atoms with E-state index in [9.17, 15) is 48.5 Å². The Labute approximate surface area is 292 Å². The minimum Gasteiger partial charge on any atom is -0.508 e. The summed E-state index contributed by atoms with van der Waals surface area (Å²) >= 11 is 0. The molecule has 1 aromatic carbocycles. The van der Waals surface area contributed by atoms with Crippen LogP contribution in [0.25, 0.3) is 0 Å². The van der Waals surface area contributed by atoms with Crippen LogP contribution >= 0.6 is 7.82 Å². The Morgan fingerprint density at radius 2 is 1.16 bits per heavy atom. The molecule has 0 aliphatic carbocycles. The Morgan fingerprint density at radius 3 is 1.59 bits per heavy atom. The third kappa shape index (κ3) is 18.5. The number of aromatic hydroxyl groups is 1. The van der Waals surface area contributed by atoms with Gasteiger partial charge in [0, 0.05) is 19.5 Å². The molecule has 0 saturated carbocycles. The summed E-state index contributed by atoms with van der Waals surface area (Å²) in [7, 11) is -5.22. The van der Waals surface area contributed by atoms with E-state index in [4.69, 9.17) is 34.4 Å². The highest BCUT2D eigenvalue weighted by Gasteiger charge is 2.33. The molecule has 5 atom stereocenters. The SMILES string of the molecule is NC(=O)[C@H](Cc1ccc(O)cc1)NC(=O)[C@H](CCCN=C(N)N)NC(=O)[C@H](COP(=O)(O)O)NC(=O)[C@H](CCCN=C(N)N)NC(=O)[C@@H](N)CO. The van der Waals surface area contributed by atoms with Gasteiger partial charge >= 0.3 is 7.82 Å². The van der Waals surface area contributed by atoms with Crippen LogP contribution in [0, 0.1) is 0 Å². The van der Waals surface area contributed by atoms with Gasteiger partial charge in [-0.15, -0.1) is 0 Å². The van der Waals surface area contributed by atoms with Gasteiger partial charge in [-0.3, -0.25) is 38.5 Å². The summed E-state index contributed by atoms with van der Waals surface area (Å²) in [5, 5.41) is 28.1. The van der Waals surface area contributed by atoms with Gasteiger partial charge in [0.1, 0.15) is 36.0 Å². The van der Waals surface area contributed by atoms with E-state index in [1.165, 1.54) is 24.3 Å². The largest absolute Gasteiger partial charge is 0.508 e. The number of carbonyl (C=O) groups is 5. The predicted molar refractivity (Wildman–Crippen MR) is 182 cm³/mol. The van der Waals surface area contributed by atoms with Crippen LogP contribution in [0.5, 0.6) is 5.75 Å². The number of rotatable bonds is 23. The van der Waals surface area contributed by atoms with Crippen molar-refractivity contribution in [3.05, 3.63) is 29.8 Å². The number of nitrogens with two attached hydrogens (primary N) is 6. The quantitative estimate of drug-likeness (QED) is 0.0214. The Balaban J connectivity index is 3.33. The molecule has 23 nitrogen and oxygen atoms in total. The van der Waals surface area contributed by atoms with Gasteiger partial charge in [0.15, 0.2) is 11.9 Å². The third-order valence-corrected chi connectivity index (χ3v) is 7.25. The smallest absolute Gasteiger partial charge is 0.469 e. The number of aliphatic hydroxyl groups excluding tert-OH is 1. The van der Waals surface area contributed by atoms with Crippen molar-refractivity contribution in [1.82, 2.24) is 21.3 Å². The van der Waals surface area contributed by atoms with Crippen molar-refractivity contribution in [3.63, 3.8) is 0 Å². The first kappa shape index (κ1) is 44.0. The lowest BCUT2D eigenvalue weighted by Gasteiger charge is -2.26. The summed E-state index contributed by atoms with van der Waals surface area (Å²) in [6.45, 7) is -1.85. The van der Waals surface area contributed by atoms with Crippen molar-refractivity contribution in [2.75, 3.05) is 26.3 Å². The third-order valence-electron chi connectivity index (χ3n) is 6.77. The van der Waals surface area contributed by atoms with Gasteiger partial charge in [-0.05, 0) is 43.4 Å². The fraction of sp³-hybridized carbons (Fsp3) is 0.519. The van der Waals surface area contributed by atoms with Crippen LogP contribution in [0.3, 0.4) is 0 Å². The molecule has 0 bridgehead atoms. The van der Waals surface area contributed by atoms with E-state index >= 15 is 0 Å². The summed E-state index contributed by atoms with van der Waals surface area (Å²) in [4.78, 5) is 91.1. The molecule has 0 radical (unpaired) electrons. The highest BCUT2D eigenvalue weighted by molar-refractivity contribution is 7.46. The maximum atomic E-state index is 13.5. The second-order valence-electron chi connectivity index (χ2n) is 11.0. The van der Waals surface area contributed by atoms with Gasteiger partial charge < -0.3 is 75.7 Å². The lowest BCUT2D eigenvalue weighted by Crippen LogP contribution is -2.60. The monoisotopic (exact) mass is 746 g/mol. The van der Waals surface area contributed by atoms with E-state index in [-0.39, 0.29) is 62.9 Å². The Hall–Kier alpha value is -5.06. The van der Waals surface area contributed by atoms with Gasteiger partial charge in [0.05, 0.1) is 13.2 Å². The highest BCUT2D eigenvalue weighted by Crippen LogP contribution is 2.35. The maximum Gasteiger partial charge on any atom is 0.469 e. The highest BCUT2D eigenvalue weighted by atomic mass is 31.2. The minimum atomic E-state index is -5.22. The number of guanidine groups is 2. The molecule has 1 aromatic rings. The number of primary amides is 1. The second kappa shape index (κ2) is 21.9. The van der Waals surface area contributed by atoms with Crippen LogP contribution in [0.1, 0.15) is 31.2 Å². The fourth-order valence-corrected chi connectivity index (χ4v) is 4.51. The summed E-state index contributed by atoms with van der Waals surface area (Å²) in [6.07, 6.45) is -0.168. The number of aliphatic hydroxyl groups is 1. The molecule has 5 amide bonds. The number of phosphoric ester groups is 1. The molecule has 0 saturated heterocycles. The Bertz CT molecular complexity index is 1430. The fourth-order valence-electron chi connectivity index (χ4n) is 4.17. The molecule has 0 spiro atoms. The first-order valence-corrected chi connectivity index (χ1v) is 16.8. The summed E-state index contributed by atoms with van der Waals surface area (Å²) in [6, 6.07) is -1.78. The zero-order valence-electron chi connectivity index (χ0n) is 27.5. The number of phosphoric acid groups is 1. The predicted octanol–water partition coefficient (Wildman–Crippen LogP) is -6.10. The standard InChI is InChI=1S/C27H47N12O11P/c28-16(12-40)22(43)36-17(3-1-9-34-26(30)31)24(45)39-20(13-50-51(47,48)49)25(46)37-18(4-2-10-35-27(32)33)23(44)38-19(21(29)42)11-14-5-7-15(41)8-6-14/h5-8,16-20,40-41H,1-4,9-13,28H2,(H2,29,42)(H,36,43)(H,37,46)(H,38,44)(H,39,45)(H4,30,31,34)(H4,32,33,35)(H2,47,48,49)/t16-,17-,18-,19-,20-/m0/s1. The van der Waals surface area contributed by atoms with Crippen molar-refractivity contribution in [2.24, 2.45) is 44.4 Å². The molecule has 20 N–H and O–H groups in total. The van der Waals surface area contributed by atoms with E-state index in [1.54, 1.807) is 0 Å². The van der Waals surface area contributed by atoms with Gasteiger partial charge in [0.2, 0.25) is 29.5 Å². The average Bonchev–Trinajstić information content (AvgIpc) is 3.04. The van der Waals surface area contributed by atoms with E-state index in [0.717, 1.165) is 0 Å². The molecular weight excluding hydrogens is 699 g/mol. The number of nitrogens with zero attached hydrogens (tertiary/aromatic N) is 2. The lowest BCUT2D eigenvalue weighted by molar-refractivity contribution is -0.135. The van der Waals surface area contributed by atoms with Crippen molar-refractivity contribution in [3.8, 4) is 5.75 Å². The van der Waals surface area contributed by atoms with Crippen molar-refractivity contribution < 1.29 is 53.1 Å². The van der Waals surface area contributed by atoms with Gasteiger partial charge in [-0.1, -0.05) is 12.1 Å². The number of hydrogen-bond donors (Lipinski definition) is 14. The van der Waals surface area contributed by atoms with E-state index < -0.39 is 80.8 Å². The van der Waals surface area contributed by atoms with Crippen LogP contribution in [-0.2, 0) is 39.5 Å². The zero-order chi connectivity index (χ0) is 38.7. The number of phenols is 1. The number of phenolic OH excluding ortho intramolecular Hbond substituents is 1. The number of benzene rings is 1. The first-order chi connectivity index (χ1) is 23.8. The van der Waals surface area contributed by atoms with Gasteiger partial charge in [-0.25, -0.2) is 4.57 Å². The molecule has 51 heavy (non-hydrogen) atoms. The summed E-state index contributed by atoms with van der Waals surface area (Å²) in [5.41, 5.74) is 32.9. The molecule has 0 heterocycles. The molecule has 1 rings (SSSR count). The number of amides is 5. The minimum absolute atomic E-state index is 0.00737. The topological polar surface area (TPSA) is 422 Å². The normalized spacial score (nSPS) is 14.0. The molecule has 0 aromatic heterocycles. The molecule has 0 unspecified atom stereocenters. The molecule has 0 aliphatic rings. The van der Waals surface area contributed by atoms with Crippen molar-refractivity contribution >= 4 is 49.3 Å². The average molecular weight is 747 g/mol. The van der Waals surface area contributed by atoms with Gasteiger partial charge in [0.25, 0.3) is 0 Å². The maximum absolute atomic E-state index is 13.5. The zero-order valence-corrected chi connectivity index (χ0v) is 28.4. The van der Waals surface area contributed by atoms with Crippen molar-refractivity contribution in [1.29, 1.82) is 0 Å². The van der Waals surface area contributed by atoms with Crippen LogP contribution in [0.2, 0.25) is 0 Å². The number of carbonyl (C=O) groups excluding carboxylic acids is 5.